The summed E-state index contributed by atoms with van der Waals surface area (Å²) in [6.07, 6.45) is -5.29. The van der Waals surface area contributed by atoms with Crippen LogP contribution >= 0.6 is 11.3 Å². The summed E-state index contributed by atoms with van der Waals surface area (Å²) in [5, 5.41) is 1.63. The van der Waals surface area contributed by atoms with Crippen LogP contribution in [0, 0.1) is 0 Å². The van der Waals surface area contributed by atoms with E-state index in [2.05, 4.69) is 4.98 Å². The van der Waals surface area contributed by atoms with Crippen molar-refractivity contribution in [3.05, 3.63) is 140 Å². The molecule has 2 aromatic heterocycles. The SMILES string of the molecule is O=C(OCC1OC(n2c(=O)[nH]c(=O)c3sccc32)C(OC(=O)c2ccccc2)C1OC(=O)c1ccccc1)c1ccccc1. The van der Waals surface area contributed by atoms with Gasteiger partial charge in [-0.2, -0.15) is 0 Å². The van der Waals surface area contributed by atoms with Gasteiger partial charge in [0.2, 0.25) is 0 Å². The van der Waals surface area contributed by atoms with Crippen LogP contribution in [-0.2, 0) is 18.9 Å². The van der Waals surface area contributed by atoms with Crippen molar-refractivity contribution in [1.82, 2.24) is 9.55 Å². The third-order valence-corrected chi connectivity index (χ3v) is 7.89. The minimum absolute atomic E-state index is 0.202. The number of aromatic amines is 1. The van der Waals surface area contributed by atoms with Crippen LogP contribution in [0.15, 0.2) is 112 Å². The number of H-pyrrole nitrogens is 1. The van der Waals surface area contributed by atoms with E-state index in [4.69, 9.17) is 18.9 Å². The van der Waals surface area contributed by atoms with Crippen LogP contribution in [0.3, 0.4) is 0 Å². The molecular formula is C32H24N2O9S. The molecule has 3 heterocycles. The molecule has 6 rings (SSSR count). The van der Waals surface area contributed by atoms with Crippen LogP contribution < -0.4 is 11.2 Å². The molecule has 1 aliphatic rings. The van der Waals surface area contributed by atoms with E-state index >= 15 is 0 Å². The quantitative estimate of drug-likeness (QED) is 0.204. The van der Waals surface area contributed by atoms with Crippen molar-refractivity contribution in [2.45, 2.75) is 24.5 Å². The zero-order valence-corrected chi connectivity index (χ0v) is 23.7. The van der Waals surface area contributed by atoms with E-state index in [1.54, 1.807) is 102 Å². The number of fused-ring (bicyclic) bond motifs is 1. The maximum atomic E-state index is 13.3. The number of hydrogen-bond acceptors (Lipinski definition) is 10. The van der Waals surface area contributed by atoms with Gasteiger partial charge in [0, 0.05) is 0 Å². The molecule has 1 fully saturated rings. The van der Waals surface area contributed by atoms with Crippen molar-refractivity contribution >= 4 is 39.5 Å². The molecule has 0 spiro atoms. The Kier molecular flexibility index (Phi) is 8.17. The largest absolute Gasteiger partial charge is 0.459 e. The van der Waals surface area contributed by atoms with Crippen molar-refractivity contribution in [3.8, 4) is 0 Å². The number of nitrogens with zero attached hydrogens (tertiary/aromatic N) is 1. The summed E-state index contributed by atoms with van der Waals surface area (Å²) in [6.45, 7) is -0.415. The lowest BCUT2D eigenvalue weighted by Crippen LogP contribution is -2.43. The lowest BCUT2D eigenvalue weighted by molar-refractivity contribution is -0.0620. The predicted octanol–water partition coefficient (Wildman–Crippen LogP) is 3.96. The summed E-state index contributed by atoms with van der Waals surface area (Å²) in [4.78, 5) is 67.5. The predicted molar refractivity (Wildman–Crippen MR) is 159 cm³/mol. The summed E-state index contributed by atoms with van der Waals surface area (Å²) in [5.74, 6) is -2.19. The molecule has 0 radical (unpaired) electrons. The van der Waals surface area contributed by atoms with Crippen molar-refractivity contribution in [3.63, 3.8) is 0 Å². The van der Waals surface area contributed by atoms with Gasteiger partial charge in [0.05, 0.1) is 22.2 Å². The Morgan fingerprint density at radius 3 is 1.82 bits per heavy atom. The van der Waals surface area contributed by atoms with E-state index in [0.29, 0.717) is 0 Å². The Labute approximate surface area is 253 Å². The summed E-state index contributed by atoms with van der Waals surface area (Å²) in [6, 6.07) is 26.1. The van der Waals surface area contributed by atoms with Gasteiger partial charge in [0.1, 0.15) is 17.4 Å². The second-order valence-corrected chi connectivity index (χ2v) is 10.7. The van der Waals surface area contributed by atoms with E-state index in [-0.39, 0.29) is 26.9 Å². The number of ether oxygens (including phenoxy) is 4. The van der Waals surface area contributed by atoms with E-state index in [9.17, 15) is 24.0 Å². The molecule has 0 bridgehead atoms. The van der Waals surface area contributed by atoms with Crippen LogP contribution in [0.4, 0.5) is 0 Å². The zero-order valence-electron chi connectivity index (χ0n) is 22.9. The van der Waals surface area contributed by atoms with Crippen molar-refractivity contribution in [2.24, 2.45) is 0 Å². The van der Waals surface area contributed by atoms with Gasteiger partial charge in [0.15, 0.2) is 18.4 Å². The highest BCUT2D eigenvalue weighted by molar-refractivity contribution is 7.17. The first kappa shape index (κ1) is 28.8. The number of nitrogens with one attached hydrogen (secondary N) is 1. The van der Waals surface area contributed by atoms with Crippen LogP contribution in [-0.4, -0.2) is 52.4 Å². The molecule has 12 heteroatoms. The van der Waals surface area contributed by atoms with Gasteiger partial charge >= 0.3 is 23.6 Å². The normalized spacial score (nSPS) is 19.4. The van der Waals surface area contributed by atoms with E-state index in [1.807, 2.05) is 0 Å². The Hall–Kier alpha value is -5.33. The maximum absolute atomic E-state index is 13.3. The van der Waals surface area contributed by atoms with Gasteiger partial charge in [-0.15, -0.1) is 11.3 Å². The first-order valence-electron chi connectivity index (χ1n) is 13.5. The van der Waals surface area contributed by atoms with E-state index in [0.717, 1.165) is 15.9 Å². The molecule has 0 saturated carbocycles. The maximum Gasteiger partial charge on any atom is 0.338 e. The average molecular weight is 613 g/mol. The fourth-order valence-corrected chi connectivity index (χ4v) is 5.68. The van der Waals surface area contributed by atoms with Gasteiger partial charge in [-0.1, -0.05) is 54.6 Å². The van der Waals surface area contributed by atoms with Crippen LogP contribution in [0.25, 0.3) is 10.2 Å². The van der Waals surface area contributed by atoms with Crippen LogP contribution in [0.1, 0.15) is 37.3 Å². The molecule has 1 aliphatic heterocycles. The number of esters is 3. The second-order valence-electron chi connectivity index (χ2n) is 9.77. The minimum Gasteiger partial charge on any atom is -0.459 e. The standard InChI is InChI=1S/C32H24N2O9S/c35-27-26-22(16-17-44-26)34(32(39)33-27)28-25(43-31(38)21-14-8-3-9-15-21)24(42-30(37)20-12-6-2-7-13-20)23(41-28)18-40-29(36)19-10-4-1-5-11-19/h1-17,23-25,28H,18H2,(H,33,35,39). The second kappa shape index (κ2) is 12.5. The smallest absolute Gasteiger partial charge is 0.338 e. The van der Waals surface area contributed by atoms with Gasteiger partial charge in [-0.05, 0) is 47.8 Å². The summed E-state index contributed by atoms with van der Waals surface area (Å²) < 4.78 is 25.0. The number of carbonyl (C=O) groups excluding carboxylic acids is 3. The molecule has 4 atom stereocenters. The van der Waals surface area contributed by atoms with E-state index in [1.165, 1.54) is 0 Å². The lowest BCUT2D eigenvalue weighted by atomic mass is 10.1. The number of benzene rings is 3. The highest BCUT2D eigenvalue weighted by Crippen LogP contribution is 2.36. The number of hydrogen-bond donors (Lipinski definition) is 1. The number of carbonyl (C=O) groups is 3. The lowest BCUT2D eigenvalue weighted by Gasteiger charge is -2.25. The van der Waals surface area contributed by atoms with Gasteiger partial charge in [0.25, 0.3) is 5.56 Å². The molecule has 1 N–H and O–H groups in total. The van der Waals surface area contributed by atoms with Crippen molar-refractivity contribution in [2.75, 3.05) is 6.61 Å². The highest BCUT2D eigenvalue weighted by atomic mass is 32.1. The molecule has 1 saturated heterocycles. The Morgan fingerprint density at radius 2 is 1.25 bits per heavy atom. The first-order chi connectivity index (χ1) is 21.4. The Morgan fingerprint density at radius 1 is 0.727 bits per heavy atom. The molecular weight excluding hydrogens is 588 g/mol. The molecule has 3 aromatic carbocycles. The Bertz CT molecular complexity index is 1920. The minimum atomic E-state index is -1.40. The van der Waals surface area contributed by atoms with Crippen molar-refractivity contribution < 1.29 is 33.3 Å². The highest BCUT2D eigenvalue weighted by Gasteiger charge is 2.52. The fraction of sp³-hybridized carbons (Fsp3) is 0.156. The third-order valence-electron chi connectivity index (χ3n) is 6.98. The fourth-order valence-electron chi connectivity index (χ4n) is 4.90. The number of rotatable bonds is 8. The molecule has 11 nitrogen and oxygen atoms in total. The topological polar surface area (TPSA) is 143 Å². The monoisotopic (exact) mass is 612 g/mol. The molecule has 44 heavy (non-hydrogen) atoms. The molecule has 0 aliphatic carbocycles. The molecule has 5 aromatic rings. The molecule has 222 valence electrons. The van der Waals surface area contributed by atoms with Crippen LogP contribution in [0.5, 0.6) is 0 Å². The molecule has 0 amide bonds. The van der Waals surface area contributed by atoms with Crippen molar-refractivity contribution in [1.29, 1.82) is 0 Å². The summed E-state index contributed by atoms with van der Waals surface area (Å²) >= 11 is 1.11. The zero-order chi connectivity index (χ0) is 30.6. The summed E-state index contributed by atoms with van der Waals surface area (Å²) in [5.41, 5.74) is -0.499. The van der Waals surface area contributed by atoms with Gasteiger partial charge in [-0.3, -0.25) is 14.3 Å². The van der Waals surface area contributed by atoms with E-state index < -0.39 is 60.3 Å². The molecule has 4 unspecified atom stereocenters. The van der Waals surface area contributed by atoms with Gasteiger partial charge < -0.3 is 18.9 Å². The number of aromatic nitrogens is 2. The summed E-state index contributed by atoms with van der Waals surface area (Å²) in [7, 11) is 0. The Balaban J connectivity index is 1.41. The van der Waals surface area contributed by atoms with Gasteiger partial charge in [-0.25, -0.2) is 19.2 Å². The average Bonchev–Trinajstić information content (AvgIpc) is 3.67. The third kappa shape index (κ3) is 5.80. The first-order valence-corrected chi connectivity index (χ1v) is 14.4. The number of thiophene rings is 1. The van der Waals surface area contributed by atoms with Crippen LogP contribution in [0.2, 0.25) is 0 Å².